The summed E-state index contributed by atoms with van der Waals surface area (Å²) in [6.07, 6.45) is 8.64. The van der Waals surface area contributed by atoms with Crippen molar-refractivity contribution in [2.45, 2.75) is 103 Å². The van der Waals surface area contributed by atoms with E-state index in [1.165, 1.54) is 12.8 Å². The fraction of sp³-hybridized carbons (Fsp3) is 0.800. The van der Waals surface area contributed by atoms with E-state index in [1.807, 2.05) is 6.92 Å². The van der Waals surface area contributed by atoms with E-state index in [9.17, 15) is 14.7 Å². The highest BCUT2D eigenvalue weighted by Crippen LogP contribution is 2.71. The molecule has 4 aliphatic carbocycles. The summed E-state index contributed by atoms with van der Waals surface area (Å²) in [7, 11) is 0. The van der Waals surface area contributed by atoms with Crippen molar-refractivity contribution in [2.75, 3.05) is 0 Å². The monoisotopic (exact) mass is 482 g/mol. The van der Waals surface area contributed by atoms with Crippen LogP contribution in [0.5, 0.6) is 0 Å². The van der Waals surface area contributed by atoms with Gasteiger partial charge < -0.3 is 14.6 Å². The third-order valence-corrected chi connectivity index (χ3v) is 12.2. The van der Waals surface area contributed by atoms with Gasteiger partial charge in [-0.1, -0.05) is 40.3 Å². The maximum Gasteiger partial charge on any atom is 0.334 e. The van der Waals surface area contributed by atoms with Crippen LogP contribution in [-0.4, -0.2) is 34.9 Å². The van der Waals surface area contributed by atoms with Crippen molar-refractivity contribution in [3.63, 3.8) is 0 Å². The molecule has 4 saturated carbocycles. The molecule has 0 spiro atoms. The molecule has 0 unspecified atom stereocenters. The molecular formula is C30H42O5. The standard InChI is InChI=1S/C30H42O5/c1-16-18-8-13-27(3)11-7-12-28(4,23(27)21(18)34-25(16)31)20-10-15-30(6,33)24-22-19(9-14-29(20,24)5)17(2)26(32)35-22/h18-24,33H,1-2,7-15H2,3-6H3/t18-,19-,20+,21+,22+,23-,24-,27-,28+,29+,30-/m1/s1. The molecule has 0 bridgehead atoms. The van der Waals surface area contributed by atoms with Crippen LogP contribution >= 0.6 is 0 Å². The number of fused-ring (bicyclic) bond motifs is 6. The molecule has 0 radical (unpaired) electrons. The van der Waals surface area contributed by atoms with Crippen molar-refractivity contribution >= 4 is 11.9 Å². The van der Waals surface area contributed by atoms with Crippen molar-refractivity contribution < 1.29 is 24.2 Å². The average molecular weight is 483 g/mol. The molecule has 11 atom stereocenters. The first-order valence-electron chi connectivity index (χ1n) is 13.9. The van der Waals surface area contributed by atoms with Crippen molar-refractivity contribution in [2.24, 2.45) is 45.8 Å². The van der Waals surface area contributed by atoms with Crippen LogP contribution in [0.4, 0.5) is 0 Å². The summed E-state index contributed by atoms with van der Waals surface area (Å²) in [5.41, 5.74) is 0.285. The minimum Gasteiger partial charge on any atom is -0.458 e. The quantitative estimate of drug-likeness (QED) is 0.402. The van der Waals surface area contributed by atoms with Crippen molar-refractivity contribution in [1.29, 1.82) is 0 Å². The first-order chi connectivity index (χ1) is 16.3. The fourth-order valence-electron chi connectivity index (χ4n) is 10.9. The number of hydrogen-bond donors (Lipinski definition) is 1. The number of carbonyl (C=O) groups excluding carboxylic acids is 2. The topological polar surface area (TPSA) is 72.8 Å². The minimum absolute atomic E-state index is 0.00778. The Morgan fingerprint density at radius 3 is 1.91 bits per heavy atom. The first-order valence-corrected chi connectivity index (χ1v) is 13.9. The summed E-state index contributed by atoms with van der Waals surface area (Å²) >= 11 is 0. The van der Waals surface area contributed by atoms with Gasteiger partial charge in [0.15, 0.2) is 0 Å². The van der Waals surface area contributed by atoms with E-state index in [0.29, 0.717) is 23.5 Å². The van der Waals surface area contributed by atoms with Gasteiger partial charge in [0.1, 0.15) is 12.2 Å². The Bertz CT molecular complexity index is 1010. The van der Waals surface area contributed by atoms with Crippen LogP contribution in [-0.2, 0) is 19.1 Å². The second-order valence-corrected chi connectivity index (χ2v) is 14.0. The summed E-state index contributed by atoms with van der Waals surface area (Å²) in [5.74, 6) is 0.146. The molecular weight excluding hydrogens is 440 g/mol. The number of rotatable bonds is 1. The van der Waals surface area contributed by atoms with Crippen LogP contribution in [0.15, 0.2) is 24.3 Å². The second-order valence-electron chi connectivity index (χ2n) is 14.0. The van der Waals surface area contributed by atoms with E-state index in [0.717, 1.165) is 38.5 Å². The van der Waals surface area contributed by atoms with Gasteiger partial charge in [-0.2, -0.15) is 0 Å². The van der Waals surface area contributed by atoms with Gasteiger partial charge in [0.2, 0.25) is 0 Å². The van der Waals surface area contributed by atoms with Gasteiger partial charge in [0, 0.05) is 34.8 Å². The summed E-state index contributed by atoms with van der Waals surface area (Å²) in [6, 6.07) is 0. The Morgan fingerprint density at radius 1 is 0.743 bits per heavy atom. The van der Waals surface area contributed by atoms with Gasteiger partial charge in [-0.25, -0.2) is 9.59 Å². The lowest BCUT2D eigenvalue weighted by Gasteiger charge is -2.67. The zero-order chi connectivity index (χ0) is 25.1. The maximum absolute atomic E-state index is 12.7. The van der Waals surface area contributed by atoms with Crippen LogP contribution in [0.2, 0.25) is 0 Å². The Morgan fingerprint density at radius 2 is 1.29 bits per heavy atom. The van der Waals surface area contributed by atoms with Gasteiger partial charge in [-0.05, 0) is 80.5 Å². The Labute approximate surface area is 209 Å². The zero-order valence-electron chi connectivity index (χ0n) is 21.9. The fourth-order valence-corrected chi connectivity index (χ4v) is 10.9. The zero-order valence-corrected chi connectivity index (χ0v) is 21.9. The SMILES string of the molecule is C=C1C(=O)O[C@H]2[C@@H]1CC[C@@]1(C)CCC[C@@](C)([C@@H]3CC[C@@](C)(O)[C@@H]4[C@H]5OC(=O)C(=C)[C@H]5CC[C@@]34C)[C@H]21. The number of aliphatic hydroxyl groups is 1. The van der Waals surface area contributed by atoms with Gasteiger partial charge in [0.05, 0.1) is 5.60 Å². The summed E-state index contributed by atoms with van der Waals surface area (Å²) in [4.78, 5) is 25.2. The molecule has 0 aromatic carbocycles. The molecule has 192 valence electrons. The molecule has 1 N–H and O–H groups in total. The minimum atomic E-state index is -0.892. The summed E-state index contributed by atoms with van der Waals surface area (Å²) in [6.45, 7) is 17.4. The molecule has 5 nitrogen and oxygen atoms in total. The van der Waals surface area contributed by atoms with E-state index in [1.54, 1.807) is 0 Å². The van der Waals surface area contributed by atoms with Crippen LogP contribution in [0.25, 0.3) is 0 Å². The Hall–Kier alpha value is -1.62. The molecule has 35 heavy (non-hydrogen) atoms. The van der Waals surface area contributed by atoms with E-state index in [-0.39, 0.29) is 64.1 Å². The second kappa shape index (κ2) is 7.24. The normalized spacial score (nSPS) is 55.4. The summed E-state index contributed by atoms with van der Waals surface area (Å²) < 4.78 is 12.1. The van der Waals surface area contributed by atoms with E-state index in [2.05, 4.69) is 33.9 Å². The van der Waals surface area contributed by atoms with Crippen LogP contribution in [0.1, 0.15) is 85.5 Å². The highest BCUT2D eigenvalue weighted by Gasteiger charge is 2.69. The molecule has 2 aliphatic heterocycles. The largest absolute Gasteiger partial charge is 0.458 e. The third kappa shape index (κ3) is 2.97. The molecule has 6 rings (SSSR count). The van der Waals surface area contributed by atoms with Gasteiger partial charge in [0.25, 0.3) is 0 Å². The number of esters is 2. The lowest BCUT2D eigenvalue weighted by atomic mass is 9.38. The predicted molar refractivity (Wildman–Crippen MR) is 132 cm³/mol. The van der Waals surface area contributed by atoms with Gasteiger partial charge >= 0.3 is 11.9 Å². The average Bonchev–Trinajstić information content (AvgIpc) is 3.21. The number of carbonyl (C=O) groups is 2. The Kier molecular flexibility index (Phi) is 4.91. The maximum atomic E-state index is 12.7. The molecule has 0 amide bonds. The third-order valence-electron chi connectivity index (χ3n) is 12.2. The molecule has 2 heterocycles. The highest BCUT2D eigenvalue weighted by atomic mass is 16.6. The van der Waals surface area contributed by atoms with Crippen LogP contribution in [0, 0.1) is 45.8 Å². The number of ether oxygens (including phenoxy) is 2. The molecule has 0 aromatic rings. The van der Waals surface area contributed by atoms with E-state index in [4.69, 9.17) is 9.47 Å². The molecule has 0 aromatic heterocycles. The van der Waals surface area contributed by atoms with Gasteiger partial charge in [-0.15, -0.1) is 0 Å². The van der Waals surface area contributed by atoms with Crippen molar-refractivity contribution in [3.05, 3.63) is 24.3 Å². The Balaban J connectivity index is 1.44. The van der Waals surface area contributed by atoms with Crippen molar-refractivity contribution in [3.8, 4) is 0 Å². The highest BCUT2D eigenvalue weighted by molar-refractivity contribution is 5.91. The van der Waals surface area contributed by atoms with Crippen LogP contribution in [0.3, 0.4) is 0 Å². The molecule has 5 heteroatoms. The van der Waals surface area contributed by atoms with Gasteiger partial charge in [-0.3, -0.25) is 0 Å². The van der Waals surface area contributed by atoms with E-state index >= 15 is 0 Å². The summed E-state index contributed by atoms with van der Waals surface area (Å²) in [5, 5.41) is 11.8. The smallest absolute Gasteiger partial charge is 0.334 e. The molecule has 6 fully saturated rings. The van der Waals surface area contributed by atoms with Crippen molar-refractivity contribution in [1.82, 2.24) is 0 Å². The lowest BCUT2D eigenvalue weighted by Crippen LogP contribution is -2.66. The molecule has 2 saturated heterocycles. The molecule has 6 aliphatic rings. The van der Waals surface area contributed by atoms with Crippen LogP contribution < -0.4 is 0 Å². The number of hydrogen-bond acceptors (Lipinski definition) is 5. The lowest BCUT2D eigenvalue weighted by molar-refractivity contribution is -0.240. The predicted octanol–water partition coefficient (Wildman–Crippen LogP) is 5.37. The van der Waals surface area contributed by atoms with E-state index < -0.39 is 5.60 Å². The first kappa shape index (κ1) is 23.8.